The third kappa shape index (κ3) is 2.38. The van der Waals surface area contributed by atoms with Gasteiger partial charge >= 0.3 is 0 Å². The summed E-state index contributed by atoms with van der Waals surface area (Å²) in [5, 5.41) is 8.02. The first-order chi connectivity index (χ1) is 8.08. The molecule has 0 atom stereocenters. The molecule has 0 radical (unpaired) electrons. The Labute approximate surface area is 100 Å². The maximum atomic E-state index is 5.72. The average Bonchev–Trinajstić information content (AvgIpc) is 2.62. The van der Waals surface area contributed by atoms with E-state index in [1.807, 2.05) is 43.7 Å². The van der Waals surface area contributed by atoms with E-state index >= 15 is 0 Å². The smallest absolute Gasteiger partial charge is 0.170 e. The summed E-state index contributed by atoms with van der Waals surface area (Å²) in [6.07, 6.45) is 0. The van der Waals surface area contributed by atoms with Gasteiger partial charge in [-0.15, -0.1) is 10.2 Å². The van der Waals surface area contributed by atoms with Crippen LogP contribution in [0.4, 0.5) is 5.69 Å². The van der Waals surface area contributed by atoms with Crippen LogP contribution in [0.15, 0.2) is 18.2 Å². The van der Waals surface area contributed by atoms with Gasteiger partial charge in [0.05, 0.1) is 0 Å². The van der Waals surface area contributed by atoms with Crippen molar-refractivity contribution in [2.45, 2.75) is 20.5 Å². The van der Waals surface area contributed by atoms with Gasteiger partial charge in [0.2, 0.25) is 0 Å². The van der Waals surface area contributed by atoms with Crippen molar-refractivity contribution in [3.05, 3.63) is 35.4 Å². The molecule has 0 aliphatic carbocycles. The van der Waals surface area contributed by atoms with Gasteiger partial charge in [-0.2, -0.15) is 0 Å². The zero-order chi connectivity index (χ0) is 12.4. The predicted octanol–water partition coefficient (Wildman–Crippen LogP) is 1.59. The van der Waals surface area contributed by atoms with Crippen LogP contribution in [-0.2, 0) is 13.7 Å². The maximum Gasteiger partial charge on any atom is 0.170 e. The molecule has 1 aromatic carbocycles. The van der Waals surface area contributed by atoms with E-state index in [0.29, 0.717) is 12.3 Å². The van der Waals surface area contributed by atoms with Gasteiger partial charge in [0.1, 0.15) is 18.2 Å². The second-order valence-electron chi connectivity index (χ2n) is 4.04. The van der Waals surface area contributed by atoms with Crippen LogP contribution < -0.4 is 10.5 Å². The number of nitrogens with two attached hydrogens (primary N) is 1. The third-order valence-corrected chi connectivity index (χ3v) is 2.75. The van der Waals surface area contributed by atoms with Crippen molar-refractivity contribution in [3.63, 3.8) is 0 Å². The molecule has 0 saturated heterocycles. The molecule has 5 nitrogen and oxygen atoms in total. The van der Waals surface area contributed by atoms with E-state index in [0.717, 1.165) is 23.0 Å². The molecule has 0 saturated carbocycles. The van der Waals surface area contributed by atoms with Crippen LogP contribution in [0, 0.1) is 13.8 Å². The van der Waals surface area contributed by atoms with E-state index in [1.165, 1.54) is 0 Å². The lowest BCUT2D eigenvalue weighted by Crippen LogP contribution is -2.05. The lowest BCUT2D eigenvalue weighted by Gasteiger charge is -2.09. The molecule has 1 aromatic heterocycles. The molecule has 17 heavy (non-hydrogen) atoms. The highest BCUT2D eigenvalue weighted by Gasteiger charge is 2.07. The summed E-state index contributed by atoms with van der Waals surface area (Å²) in [6, 6.07) is 5.61. The van der Waals surface area contributed by atoms with Crippen molar-refractivity contribution in [2.75, 3.05) is 5.73 Å². The Morgan fingerprint density at radius 2 is 2.06 bits per heavy atom. The first-order valence-electron chi connectivity index (χ1n) is 5.41. The van der Waals surface area contributed by atoms with Crippen molar-refractivity contribution in [1.29, 1.82) is 0 Å². The molecule has 0 amide bonds. The fourth-order valence-corrected chi connectivity index (χ4v) is 1.49. The molecule has 0 unspecified atom stereocenters. The van der Waals surface area contributed by atoms with Gasteiger partial charge in [0.15, 0.2) is 5.82 Å². The molecular formula is C12H16N4O. The lowest BCUT2D eigenvalue weighted by molar-refractivity contribution is 0.289. The van der Waals surface area contributed by atoms with Crippen molar-refractivity contribution < 1.29 is 4.74 Å². The molecular weight excluding hydrogens is 216 g/mol. The standard InChI is InChI=1S/C12H16N4O/c1-8-4-5-10(13)6-11(8)17-7-12-15-14-9(2)16(12)3/h4-6H,7,13H2,1-3H3. The van der Waals surface area contributed by atoms with Crippen LogP contribution in [0.25, 0.3) is 0 Å². The van der Waals surface area contributed by atoms with E-state index in [9.17, 15) is 0 Å². The quantitative estimate of drug-likeness (QED) is 0.816. The van der Waals surface area contributed by atoms with Crippen LogP contribution in [0.1, 0.15) is 17.2 Å². The van der Waals surface area contributed by atoms with Crippen LogP contribution in [-0.4, -0.2) is 14.8 Å². The molecule has 0 aliphatic rings. The lowest BCUT2D eigenvalue weighted by atomic mass is 10.2. The van der Waals surface area contributed by atoms with E-state index in [-0.39, 0.29) is 0 Å². The van der Waals surface area contributed by atoms with Crippen LogP contribution in [0.3, 0.4) is 0 Å². The number of nitrogen functional groups attached to an aromatic ring is 1. The minimum absolute atomic E-state index is 0.391. The van der Waals surface area contributed by atoms with Gasteiger partial charge in [0.25, 0.3) is 0 Å². The molecule has 90 valence electrons. The number of rotatable bonds is 3. The first-order valence-corrected chi connectivity index (χ1v) is 5.41. The summed E-state index contributed by atoms with van der Waals surface area (Å²) in [6.45, 7) is 4.28. The predicted molar refractivity (Wildman–Crippen MR) is 65.7 cm³/mol. The number of hydrogen-bond donors (Lipinski definition) is 1. The highest BCUT2D eigenvalue weighted by molar-refractivity contribution is 5.47. The fraction of sp³-hybridized carbons (Fsp3) is 0.333. The first kappa shape index (κ1) is 11.4. The second kappa shape index (κ2) is 4.45. The van der Waals surface area contributed by atoms with E-state index in [4.69, 9.17) is 10.5 Å². The van der Waals surface area contributed by atoms with Crippen molar-refractivity contribution in [1.82, 2.24) is 14.8 Å². The molecule has 2 rings (SSSR count). The second-order valence-corrected chi connectivity index (χ2v) is 4.04. The Bertz CT molecular complexity index is 533. The number of nitrogens with zero attached hydrogens (tertiary/aromatic N) is 3. The third-order valence-electron chi connectivity index (χ3n) is 2.75. The minimum atomic E-state index is 0.391. The number of aryl methyl sites for hydroxylation is 2. The van der Waals surface area contributed by atoms with Gasteiger partial charge in [-0.05, 0) is 25.5 Å². The highest BCUT2D eigenvalue weighted by atomic mass is 16.5. The SMILES string of the molecule is Cc1ccc(N)cc1OCc1nnc(C)n1C. The monoisotopic (exact) mass is 232 g/mol. The van der Waals surface area contributed by atoms with Crippen molar-refractivity contribution >= 4 is 5.69 Å². The van der Waals surface area contributed by atoms with E-state index in [1.54, 1.807) is 0 Å². The molecule has 2 N–H and O–H groups in total. The summed E-state index contributed by atoms with van der Waals surface area (Å²) in [5.41, 5.74) is 7.47. The minimum Gasteiger partial charge on any atom is -0.485 e. The summed E-state index contributed by atoms with van der Waals surface area (Å²) >= 11 is 0. The molecule has 5 heteroatoms. The largest absolute Gasteiger partial charge is 0.485 e. The van der Waals surface area contributed by atoms with Gasteiger partial charge in [-0.1, -0.05) is 6.07 Å². The summed E-state index contributed by atoms with van der Waals surface area (Å²) in [5.74, 6) is 2.45. The molecule has 0 aliphatic heterocycles. The Hall–Kier alpha value is -2.04. The average molecular weight is 232 g/mol. The number of benzene rings is 1. The van der Waals surface area contributed by atoms with Gasteiger partial charge in [-0.25, -0.2) is 0 Å². The number of aromatic nitrogens is 3. The van der Waals surface area contributed by atoms with Crippen LogP contribution >= 0.6 is 0 Å². The number of ether oxygens (including phenoxy) is 1. The molecule has 0 fully saturated rings. The molecule has 2 aromatic rings. The van der Waals surface area contributed by atoms with Crippen molar-refractivity contribution in [3.8, 4) is 5.75 Å². The zero-order valence-electron chi connectivity index (χ0n) is 10.3. The van der Waals surface area contributed by atoms with Gasteiger partial charge in [0, 0.05) is 18.8 Å². The Morgan fingerprint density at radius 3 is 2.71 bits per heavy atom. The molecule has 1 heterocycles. The Kier molecular flexibility index (Phi) is 2.99. The topological polar surface area (TPSA) is 66.0 Å². The Morgan fingerprint density at radius 1 is 1.29 bits per heavy atom. The van der Waals surface area contributed by atoms with Crippen molar-refractivity contribution in [2.24, 2.45) is 7.05 Å². The number of hydrogen-bond acceptors (Lipinski definition) is 4. The fourth-order valence-electron chi connectivity index (χ4n) is 1.49. The highest BCUT2D eigenvalue weighted by Crippen LogP contribution is 2.21. The number of anilines is 1. The summed E-state index contributed by atoms with van der Waals surface area (Å²) in [4.78, 5) is 0. The van der Waals surface area contributed by atoms with E-state index in [2.05, 4.69) is 10.2 Å². The molecule has 0 spiro atoms. The summed E-state index contributed by atoms with van der Waals surface area (Å²) < 4.78 is 7.60. The van der Waals surface area contributed by atoms with Crippen LogP contribution in [0.5, 0.6) is 5.75 Å². The normalized spacial score (nSPS) is 10.5. The van der Waals surface area contributed by atoms with Crippen LogP contribution in [0.2, 0.25) is 0 Å². The Balaban J connectivity index is 2.12. The zero-order valence-corrected chi connectivity index (χ0v) is 10.3. The molecule has 0 bridgehead atoms. The van der Waals surface area contributed by atoms with E-state index < -0.39 is 0 Å². The van der Waals surface area contributed by atoms with Gasteiger partial charge in [-0.3, -0.25) is 0 Å². The van der Waals surface area contributed by atoms with Gasteiger partial charge < -0.3 is 15.0 Å². The maximum absolute atomic E-state index is 5.72. The summed E-state index contributed by atoms with van der Waals surface area (Å²) in [7, 11) is 1.92.